The molecular weight excluding hydrogens is 298 g/mol. The first-order valence-corrected chi connectivity index (χ1v) is 7.81. The molecule has 1 aromatic rings. The van der Waals surface area contributed by atoms with Crippen molar-refractivity contribution in [1.29, 1.82) is 0 Å². The fourth-order valence-corrected chi connectivity index (χ4v) is 1.80. The van der Waals surface area contributed by atoms with Crippen LogP contribution in [-0.4, -0.2) is 51.6 Å². The van der Waals surface area contributed by atoms with E-state index in [4.69, 9.17) is 4.74 Å². The minimum Gasteiger partial charge on any atom is -0.465 e. The number of esters is 2. The number of nitrogens with zero attached hydrogens (tertiary/aromatic N) is 1. The minimum absolute atomic E-state index is 0.0272. The third-order valence-corrected chi connectivity index (χ3v) is 3.94. The van der Waals surface area contributed by atoms with Crippen molar-refractivity contribution in [3.8, 4) is 5.75 Å². The van der Waals surface area contributed by atoms with Gasteiger partial charge in [0.1, 0.15) is 17.9 Å². The van der Waals surface area contributed by atoms with Crippen molar-refractivity contribution in [3.05, 3.63) is 29.3 Å². The number of hydrogen-bond donors (Lipinski definition) is 0. The second-order valence-electron chi connectivity index (χ2n) is 4.48. The fraction of sp³-hybridized carbons (Fsp3) is 0.385. The molecule has 0 radical (unpaired) electrons. The van der Waals surface area contributed by atoms with Gasteiger partial charge in [-0.1, -0.05) is 6.07 Å². The molecule has 0 N–H and O–H groups in total. The van der Waals surface area contributed by atoms with Gasteiger partial charge < -0.3 is 9.47 Å². The van der Waals surface area contributed by atoms with Crippen LogP contribution in [0.25, 0.3) is 0 Å². The summed E-state index contributed by atoms with van der Waals surface area (Å²) in [5.41, 5.74) is 0.899. The molecule has 21 heavy (non-hydrogen) atoms. The van der Waals surface area contributed by atoms with Gasteiger partial charge in [-0.05, 0) is 24.6 Å². The van der Waals surface area contributed by atoms with Crippen LogP contribution < -0.4 is 4.74 Å². The van der Waals surface area contributed by atoms with E-state index in [1.54, 1.807) is 13.0 Å². The van der Waals surface area contributed by atoms with E-state index < -0.39 is 28.5 Å². The fourth-order valence-electron chi connectivity index (χ4n) is 1.46. The molecule has 0 saturated heterocycles. The van der Waals surface area contributed by atoms with E-state index in [9.17, 15) is 18.0 Å². The Morgan fingerprint density at radius 1 is 1.29 bits per heavy atom. The van der Waals surface area contributed by atoms with Crippen molar-refractivity contribution in [2.24, 2.45) is 0 Å². The number of carbonyl (C=O) groups is 2. The standard InChI is InChI=1S/C13H17NO6S/c1-9-5-6-11(10(7-9)13(16)19-3)20-12(15)8-14(2)21(4,17)18/h5-7H,8H2,1-4H3. The first kappa shape index (κ1) is 17.1. The molecule has 116 valence electrons. The molecule has 0 aliphatic heterocycles. The summed E-state index contributed by atoms with van der Waals surface area (Å²) < 4.78 is 33.0. The van der Waals surface area contributed by atoms with Crippen LogP contribution in [0.5, 0.6) is 5.75 Å². The van der Waals surface area contributed by atoms with Crippen LogP contribution in [0.15, 0.2) is 18.2 Å². The van der Waals surface area contributed by atoms with Crippen LogP contribution in [0.2, 0.25) is 0 Å². The van der Waals surface area contributed by atoms with Crippen molar-refractivity contribution in [1.82, 2.24) is 4.31 Å². The Morgan fingerprint density at radius 3 is 2.43 bits per heavy atom. The van der Waals surface area contributed by atoms with Crippen molar-refractivity contribution in [3.63, 3.8) is 0 Å². The molecule has 0 aliphatic rings. The lowest BCUT2D eigenvalue weighted by Crippen LogP contribution is -2.33. The van der Waals surface area contributed by atoms with Gasteiger partial charge in [0.25, 0.3) is 0 Å². The molecule has 0 aromatic heterocycles. The van der Waals surface area contributed by atoms with E-state index in [-0.39, 0.29) is 11.3 Å². The molecule has 0 bridgehead atoms. The second-order valence-corrected chi connectivity index (χ2v) is 6.57. The molecule has 0 aliphatic carbocycles. The second kappa shape index (κ2) is 6.68. The first-order chi connectivity index (χ1) is 9.65. The predicted molar refractivity (Wildman–Crippen MR) is 75.6 cm³/mol. The molecular formula is C13H17NO6S. The van der Waals surface area contributed by atoms with Crippen LogP contribution in [0.4, 0.5) is 0 Å². The van der Waals surface area contributed by atoms with E-state index in [1.165, 1.54) is 26.3 Å². The zero-order valence-corrected chi connectivity index (χ0v) is 13.1. The van der Waals surface area contributed by atoms with Gasteiger partial charge >= 0.3 is 11.9 Å². The summed E-state index contributed by atoms with van der Waals surface area (Å²) in [6.07, 6.45) is 0.978. The van der Waals surface area contributed by atoms with Crippen molar-refractivity contribution in [2.75, 3.05) is 27.0 Å². The Hall–Kier alpha value is -1.93. The molecule has 1 rings (SSSR count). The van der Waals surface area contributed by atoms with E-state index in [2.05, 4.69) is 4.74 Å². The SMILES string of the molecule is COC(=O)c1cc(C)ccc1OC(=O)CN(C)S(C)(=O)=O. The first-order valence-electron chi connectivity index (χ1n) is 5.96. The molecule has 0 heterocycles. The van der Waals surface area contributed by atoms with Crippen LogP contribution in [0.3, 0.4) is 0 Å². The Labute approximate surface area is 123 Å². The van der Waals surface area contributed by atoms with Gasteiger partial charge in [-0.15, -0.1) is 0 Å². The summed E-state index contributed by atoms with van der Waals surface area (Å²) in [5.74, 6) is -1.41. The average Bonchev–Trinajstić information content (AvgIpc) is 2.38. The zero-order chi connectivity index (χ0) is 16.2. The lowest BCUT2D eigenvalue weighted by atomic mass is 10.1. The molecule has 0 saturated carbocycles. The smallest absolute Gasteiger partial charge is 0.341 e. The number of hydrogen-bond acceptors (Lipinski definition) is 6. The number of benzene rings is 1. The highest BCUT2D eigenvalue weighted by molar-refractivity contribution is 7.88. The summed E-state index contributed by atoms with van der Waals surface area (Å²) in [5, 5.41) is 0. The number of likely N-dealkylation sites (N-methyl/N-ethyl adjacent to an activating group) is 1. The molecule has 1 aromatic carbocycles. The summed E-state index contributed by atoms with van der Waals surface area (Å²) in [7, 11) is -1.01. The molecule has 0 amide bonds. The maximum absolute atomic E-state index is 11.7. The van der Waals surface area contributed by atoms with E-state index in [0.717, 1.165) is 16.1 Å². The van der Waals surface area contributed by atoms with E-state index in [1.807, 2.05) is 0 Å². The van der Waals surface area contributed by atoms with E-state index >= 15 is 0 Å². The lowest BCUT2D eigenvalue weighted by molar-refractivity contribution is -0.134. The Kier molecular flexibility index (Phi) is 5.45. The summed E-state index contributed by atoms with van der Waals surface area (Å²) >= 11 is 0. The highest BCUT2D eigenvalue weighted by Gasteiger charge is 2.20. The molecule has 0 atom stereocenters. The van der Waals surface area contributed by atoms with Gasteiger partial charge in [-0.2, -0.15) is 4.31 Å². The molecule has 0 unspecified atom stereocenters. The Bertz CT molecular complexity index is 653. The highest BCUT2D eigenvalue weighted by atomic mass is 32.2. The number of aryl methyl sites for hydroxylation is 1. The summed E-state index contributed by atoms with van der Waals surface area (Å²) in [6, 6.07) is 4.64. The number of carbonyl (C=O) groups excluding carboxylic acids is 2. The minimum atomic E-state index is -3.49. The van der Waals surface area contributed by atoms with Crippen molar-refractivity contribution in [2.45, 2.75) is 6.92 Å². The van der Waals surface area contributed by atoms with Crippen molar-refractivity contribution < 1.29 is 27.5 Å². The quantitative estimate of drug-likeness (QED) is 0.583. The van der Waals surface area contributed by atoms with E-state index in [0.29, 0.717) is 0 Å². The molecule has 7 nitrogen and oxygen atoms in total. The maximum Gasteiger partial charge on any atom is 0.341 e. The Morgan fingerprint density at radius 2 is 1.90 bits per heavy atom. The van der Waals surface area contributed by atoms with Crippen LogP contribution >= 0.6 is 0 Å². The Balaban J connectivity index is 2.93. The van der Waals surface area contributed by atoms with Gasteiger partial charge in [-0.25, -0.2) is 13.2 Å². The number of rotatable bonds is 5. The highest BCUT2D eigenvalue weighted by Crippen LogP contribution is 2.21. The van der Waals surface area contributed by atoms with Crippen LogP contribution in [-0.2, 0) is 19.6 Å². The van der Waals surface area contributed by atoms with Gasteiger partial charge in [0.2, 0.25) is 10.0 Å². The number of sulfonamides is 1. The number of ether oxygens (including phenoxy) is 2. The van der Waals surface area contributed by atoms with Gasteiger partial charge in [0.15, 0.2) is 0 Å². The average molecular weight is 315 g/mol. The third-order valence-electron chi connectivity index (χ3n) is 2.68. The topological polar surface area (TPSA) is 90.0 Å². The largest absolute Gasteiger partial charge is 0.465 e. The molecule has 8 heteroatoms. The van der Waals surface area contributed by atoms with Crippen LogP contribution in [0.1, 0.15) is 15.9 Å². The van der Waals surface area contributed by atoms with Crippen LogP contribution in [0, 0.1) is 6.92 Å². The van der Waals surface area contributed by atoms with Gasteiger partial charge in [0, 0.05) is 7.05 Å². The maximum atomic E-state index is 11.7. The predicted octanol–water partition coefficient (Wildman–Crippen LogP) is 0.578. The summed E-state index contributed by atoms with van der Waals surface area (Å²) in [4.78, 5) is 23.4. The van der Waals surface area contributed by atoms with Gasteiger partial charge in [0.05, 0.1) is 13.4 Å². The normalized spacial score (nSPS) is 11.3. The van der Waals surface area contributed by atoms with Gasteiger partial charge in [-0.3, -0.25) is 4.79 Å². The summed E-state index contributed by atoms with van der Waals surface area (Å²) in [6.45, 7) is 1.32. The number of methoxy groups -OCH3 is 1. The van der Waals surface area contributed by atoms with Crippen molar-refractivity contribution >= 4 is 22.0 Å². The third kappa shape index (κ3) is 4.83. The lowest BCUT2D eigenvalue weighted by Gasteiger charge is -2.14. The zero-order valence-electron chi connectivity index (χ0n) is 12.2. The molecule has 0 spiro atoms. The molecule has 0 fully saturated rings. The monoisotopic (exact) mass is 315 g/mol.